The van der Waals surface area contributed by atoms with Crippen molar-refractivity contribution in [2.75, 3.05) is 19.7 Å². The molecule has 28 heavy (non-hydrogen) atoms. The van der Waals surface area contributed by atoms with Gasteiger partial charge in [-0.1, -0.05) is 42.5 Å². The fourth-order valence-electron chi connectivity index (χ4n) is 4.14. The second-order valence-electron chi connectivity index (χ2n) is 8.03. The zero-order valence-electron chi connectivity index (χ0n) is 16.8. The Hall–Kier alpha value is -2.43. The van der Waals surface area contributed by atoms with Gasteiger partial charge in [-0.3, -0.25) is 4.90 Å². The molecule has 0 spiro atoms. The summed E-state index contributed by atoms with van der Waals surface area (Å²) in [4.78, 5) is 2.46. The Labute approximate surface area is 167 Å². The zero-order chi connectivity index (χ0) is 19.5. The first kappa shape index (κ1) is 18.9. The van der Waals surface area contributed by atoms with E-state index in [2.05, 4.69) is 67.4 Å². The van der Waals surface area contributed by atoms with Gasteiger partial charge in [0.15, 0.2) is 0 Å². The summed E-state index contributed by atoms with van der Waals surface area (Å²) in [6, 6.07) is 16.9. The molecule has 0 radical (unpaired) electrons. The maximum absolute atomic E-state index is 9.57. The van der Waals surface area contributed by atoms with E-state index in [9.17, 15) is 5.11 Å². The van der Waals surface area contributed by atoms with Gasteiger partial charge in [-0.05, 0) is 56.3 Å². The monoisotopic (exact) mass is 375 g/mol. The second kappa shape index (κ2) is 8.29. The maximum Gasteiger partial charge on any atom is 0.0972 e. The van der Waals surface area contributed by atoms with Gasteiger partial charge in [0.1, 0.15) is 0 Å². The van der Waals surface area contributed by atoms with Crippen LogP contribution in [0.3, 0.4) is 0 Å². The number of aryl methyl sites for hydroxylation is 2. The summed E-state index contributed by atoms with van der Waals surface area (Å²) in [5, 5.41) is 14.6. The average molecular weight is 376 g/mol. The molecule has 1 unspecified atom stereocenters. The molecular formula is C24H29N3O. The van der Waals surface area contributed by atoms with E-state index in [4.69, 9.17) is 5.10 Å². The lowest BCUT2D eigenvalue weighted by atomic mass is 9.98. The van der Waals surface area contributed by atoms with Crippen LogP contribution in [0.2, 0.25) is 0 Å². The van der Waals surface area contributed by atoms with Crippen molar-refractivity contribution in [2.45, 2.75) is 33.2 Å². The number of rotatable bonds is 5. The number of aromatic nitrogens is 2. The smallest absolute Gasteiger partial charge is 0.0972 e. The molecule has 0 amide bonds. The molecule has 3 aromatic rings. The zero-order valence-corrected chi connectivity index (χ0v) is 16.8. The van der Waals surface area contributed by atoms with Gasteiger partial charge in [-0.2, -0.15) is 5.10 Å². The fourth-order valence-corrected chi connectivity index (χ4v) is 4.14. The molecule has 2 heterocycles. The minimum absolute atomic E-state index is 0.282. The molecule has 1 N–H and O–H groups in total. The topological polar surface area (TPSA) is 41.3 Å². The van der Waals surface area contributed by atoms with Crippen LogP contribution in [0.4, 0.5) is 0 Å². The van der Waals surface area contributed by atoms with E-state index in [1.807, 2.05) is 10.7 Å². The Morgan fingerprint density at radius 3 is 2.71 bits per heavy atom. The summed E-state index contributed by atoms with van der Waals surface area (Å²) >= 11 is 0. The fraction of sp³-hybridized carbons (Fsp3) is 0.375. The van der Waals surface area contributed by atoms with Crippen LogP contribution in [0.25, 0.3) is 16.9 Å². The van der Waals surface area contributed by atoms with Gasteiger partial charge in [0.25, 0.3) is 0 Å². The number of piperidine rings is 1. The lowest BCUT2D eigenvalue weighted by Crippen LogP contribution is -2.36. The van der Waals surface area contributed by atoms with E-state index < -0.39 is 0 Å². The van der Waals surface area contributed by atoms with Crippen molar-refractivity contribution in [1.29, 1.82) is 0 Å². The molecule has 146 valence electrons. The Balaban J connectivity index is 1.71. The molecule has 1 aliphatic heterocycles. The first-order valence-corrected chi connectivity index (χ1v) is 10.2. The SMILES string of the molecule is Cc1ccc(C)c(-n2cc(CN3CCCC(CO)C3)c(-c3ccccc3)n2)c1. The van der Waals surface area contributed by atoms with Crippen molar-refractivity contribution in [1.82, 2.24) is 14.7 Å². The van der Waals surface area contributed by atoms with Crippen LogP contribution in [0, 0.1) is 19.8 Å². The van der Waals surface area contributed by atoms with E-state index in [-0.39, 0.29) is 6.61 Å². The van der Waals surface area contributed by atoms with Gasteiger partial charge >= 0.3 is 0 Å². The summed E-state index contributed by atoms with van der Waals surface area (Å²) < 4.78 is 2.04. The molecule has 4 nitrogen and oxygen atoms in total. The molecule has 0 bridgehead atoms. The van der Waals surface area contributed by atoms with Crippen molar-refractivity contribution in [3.63, 3.8) is 0 Å². The van der Waals surface area contributed by atoms with Crippen LogP contribution in [0.1, 0.15) is 29.5 Å². The van der Waals surface area contributed by atoms with Crippen LogP contribution in [0.15, 0.2) is 54.7 Å². The Morgan fingerprint density at radius 1 is 1.11 bits per heavy atom. The number of benzene rings is 2. The molecule has 2 aromatic carbocycles. The van der Waals surface area contributed by atoms with Gasteiger partial charge in [0.2, 0.25) is 0 Å². The molecule has 1 saturated heterocycles. The van der Waals surface area contributed by atoms with Crippen molar-refractivity contribution in [3.05, 3.63) is 71.4 Å². The highest BCUT2D eigenvalue weighted by molar-refractivity contribution is 5.63. The van der Waals surface area contributed by atoms with Crippen molar-refractivity contribution in [3.8, 4) is 16.9 Å². The van der Waals surface area contributed by atoms with E-state index in [1.165, 1.54) is 16.7 Å². The standard InChI is InChI=1S/C24H29N3O/c1-18-10-11-19(2)23(13-18)27-16-22(15-26-12-6-7-20(14-26)17-28)24(25-27)21-8-4-3-5-9-21/h3-5,8-11,13,16,20,28H,6-7,12,14-15,17H2,1-2H3. The first-order chi connectivity index (χ1) is 13.6. The number of likely N-dealkylation sites (tertiary alicyclic amines) is 1. The Morgan fingerprint density at radius 2 is 1.93 bits per heavy atom. The average Bonchev–Trinajstić information content (AvgIpc) is 3.14. The largest absolute Gasteiger partial charge is 0.396 e. The van der Waals surface area contributed by atoms with Gasteiger partial charge in [0, 0.05) is 37.0 Å². The quantitative estimate of drug-likeness (QED) is 0.720. The highest BCUT2D eigenvalue weighted by Gasteiger charge is 2.22. The predicted octanol–water partition coefficient (Wildman–Crippen LogP) is 4.36. The van der Waals surface area contributed by atoms with Gasteiger partial charge in [-0.25, -0.2) is 4.68 Å². The normalized spacial score (nSPS) is 17.8. The molecule has 0 aliphatic carbocycles. The number of hydrogen-bond acceptors (Lipinski definition) is 3. The number of aliphatic hydroxyl groups is 1. The third kappa shape index (κ3) is 4.03. The van der Waals surface area contributed by atoms with Gasteiger partial charge < -0.3 is 5.11 Å². The Bertz CT molecular complexity index is 932. The minimum Gasteiger partial charge on any atom is -0.396 e. The van der Waals surface area contributed by atoms with Crippen LogP contribution in [-0.2, 0) is 6.54 Å². The summed E-state index contributed by atoms with van der Waals surface area (Å²) in [5.41, 5.74) is 7.03. The van der Waals surface area contributed by atoms with E-state index in [0.29, 0.717) is 5.92 Å². The third-order valence-electron chi connectivity index (χ3n) is 5.70. The Kier molecular flexibility index (Phi) is 5.60. The van der Waals surface area contributed by atoms with E-state index >= 15 is 0 Å². The minimum atomic E-state index is 0.282. The van der Waals surface area contributed by atoms with Crippen LogP contribution >= 0.6 is 0 Å². The van der Waals surface area contributed by atoms with E-state index in [0.717, 1.165) is 49.4 Å². The van der Waals surface area contributed by atoms with Crippen LogP contribution in [0.5, 0.6) is 0 Å². The van der Waals surface area contributed by atoms with Crippen molar-refractivity contribution < 1.29 is 5.11 Å². The molecule has 4 rings (SSSR count). The van der Waals surface area contributed by atoms with Crippen LogP contribution < -0.4 is 0 Å². The number of nitrogens with zero attached hydrogens (tertiary/aromatic N) is 3. The molecule has 1 aromatic heterocycles. The molecule has 0 saturated carbocycles. The third-order valence-corrected chi connectivity index (χ3v) is 5.70. The lowest BCUT2D eigenvalue weighted by Gasteiger charge is -2.31. The summed E-state index contributed by atoms with van der Waals surface area (Å²) in [7, 11) is 0. The van der Waals surface area contributed by atoms with Crippen LogP contribution in [-0.4, -0.2) is 39.5 Å². The maximum atomic E-state index is 9.57. The van der Waals surface area contributed by atoms with Crippen molar-refractivity contribution in [2.24, 2.45) is 5.92 Å². The van der Waals surface area contributed by atoms with Gasteiger partial charge in [-0.15, -0.1) is 0 Å². The number of hydrogen-bond donors (Lipinski definition) is 1. The highest BCUT2D eigenvalue weighted by atomic mass is 16.3. The molecule has 4 heteroatoms. The summed E-state index contributed by atoms with van der Waals surface area (Å²) in [6.07, 6.45) is 4.46. The van der Waals surface area contributed by atoms with Crippen molar-refractivity contribution >= 4 is 0 Å². The second-order valence-corrected chi connectivity index (χ2v) is 8.03. The molecule has 1 atom stereocenters. The van der Waals surface area contributed by atoms with Gasteiger partial charge in [0.05, 0.1) is 11.4 Å². The van der Waals surface area contributed by atoms with E-state index in [1.54, 1.807) is 0 Å². The lowest BCUT2D eigenvalue weighted by molar-refractivity contribution is 0.116. The molecule has 1 fully saturated rings. The predicted molar refractivity (Wildman–Crippen MR) is 114 cm³/mol. The highest BCUT2D eigenvalue weighted by Crippen LogP contribution is 2.27. The summed E-state index contributed by atoms with van der Waals surface area (Å²) in [5.74, 6) is 0.392. The summed E-state index contributed by atoms with van der Waals surface area (Å²) in [6.45, 7) is 7.44. The first-order valence-electron chi connectivity index (χ1n) is 10.2. The molecular weight excluding hydrogens is 346 g/mol. The number of aliphatic hydroxyl groups excluding tert-OH is 1. The molecule has 1 aliphatic rings.